The van der Waals surface area contributed by atoms with E-state index in [1.54, 1.807) is 35.4 Å². The second-order valence-electron chi connectivity index (χ2n) is 7.07. The monoisotopic (exact) mass is 481 g/mol. The number of amides is 1. The standard InChI is InChI=1S/C23H20ClN5O3S/c24-20-10-9-18(14-21(20)33(31,32)28-15-17-6-2-1-3-7-17)23(30)26-16-19-8-4-11-25-22(19)29-13-5-12-27-29/h1-14,28H,15-16H2,(H,26,30). The number of pyridine rings is 1. The highest BCUT2D eigenvalue weighted by Gasteiger charge is 2.20. The fourth-order valence-electron chi connectivity index (χ4n) is 3.15. The molecule has 2 heterocycles. The van der Waals surface area contributed by atoms with Crippen molar-refractivity contribution in [2.24, 2.45) is 0 Å². The largest absolute Gasteiger partial charge is 0.348 e. The van der Waals surface area contributed by atoms with E-state index >= 15 is 0 Å². The lowest BCUT2D eigenvalue weighted by Gasteiger charge is -2.12. The van der Waals surface area contributed by atoms with E-state index < -0.39 is 15.9 Å². The van der Waals surface area contributed by atoms with E-state index in [4.69, 9.17) is 11.6 Å². The molecule has 0 radical (unpaired) electrons. The van der Waals surface area contributed by atoms with Crippen LogP contribution in [0.3, 0.4) is 0 Å². The van der Waals surface area contributed by atoms with Gasteiger partial charge in [0.1, 0.15) is 4.90 Å². The van der Waals surface area contributed by atoms with E-state index in [2.05, 4.69) is 20.1 Å². The zero-order valence-electron chi connectivity index (χ0n) is 17.3. The number of sulfonamides is 1. The fourth-order valence-corrected chi connectivity index (χ4v) is 4.69. The fraction of sp³-hybridized carbons (Fsp3) is 0.0870. The predicted molar refractivity (Wildman–Crippen MR) is 124 cm³/mol. The molecular weight excluding hydrogens is 462 g/mol. The molecule has 4 aromatic rings. The van der Waals surface area contributed by atoms with E-state index in [-0.39, 0.29) is 28.6 Å². The van der Waals surface area contributed by atoms with Gasteiger partial charge in [-0.25, -0.2) is 22.8 Å². The summed E-state index contributed by atoms with van der Waals surface area (Å²) in [6.07, 6.45) is 5.03. The van der Waals surface area contributed by atoms with Crippen molar-refractivity contribution in [3.63, 3.8) is 0 Å². The summed E-state index contributed by atoms with van der Waals surface area (Å²) in [6.45, 7) is 0.284. The van der Waals surface area contributed by atoms with E-state index in [0.29, 0.717) is 5.82 Å². The highest BCUT2D eigenvalue weighted by atomic mass is 35.5. The van der Waals surface area contributed by atoms with E-state index in [1.165, 1.54) is 18.2 Å². The summed E-state index contributed by atoms with van der Waals surface area (Å²) in [5.74, 6) is 0.147. The summed E-state index contributed by atoms with van der Waals surface area (Å²) >= 11 is 6.15. The van der Waals surface area contributed by atoms with Gasteiger partial charge >= 0.3 is 0 Å². The first-order chi connectivity index (χ1) is 15.9. The molecule has 2 N–H and O–H groups in total. The van der Waals surface area contributed by atoms with Crippen LogP contribution in [0.2, 0.25) is 5.02 Å². The molecule has 10 heteroatoms. The number of nitrogens with one attached hydrogen (secondary N) is 2. The molecule has 2 aromatic carbocycles. The Kier molecular flexibility index (Phi) is 6.83. The molecule has 0 spiro atoms. The van der Waals surface area contributed by atoms with Gasteiger partial charge in [0, 0.05) is 42.8 Å². The molecule has 4 rings (SSSR count). The van der Waals surface area contributed by atoms with Crippen molar-refractivity contribution in [1.82, 2.24) is 24.8 Å². The van der Waals surface area contributed by atoms with Crippen LogP contribution in [0, 0.1) is 0 Å². The highest BCUT2D eigenvalue weighted by Crippen LogP contribution is 2.23. The molecule has 0 bridgehead atoms. The first kappa shape index (κ1) is 22.7. The molecule has 0 aliphatic rings. The van der Waals surface area contributed by atoms with Crippen LogP contribution in [0.4, 0.5) is 0 Å². The molecule has 0 aliphatic carbocycles. The molecule has 0 saturated carbocycles. The van der Waals surface area contributed by atoms with Gasteiger partial charge in [-0.1, -0.05) is 48.0 Å². The van der Waals surface area contributed by atoms with Gasteiger partial charge < -0.3 is 5.32 Å². The number of rotatable bonds is 8. The van der Waals surface area contributed by atoms with Crippen molar-refractivity contribution in [2.75, 3.05) is 0 Å². The summed E-state index contributed by atoms with van der Waals surface area (Å²) in [5, 5.41) is 7.00. The van der Waals surface area contributed by atoms with Crippen LogP contribution >= 0.6 is 11.6 Å². The number of hydrogen-bond donors (Lipinski definition) is 2. The van der Waals surface area contributed by atoms with Gasteiger partial charge in [0.2, 0.25) is 10.0 Å². The average molecular weight is 482 g/mol. The van der Waals surface area contributed by atoms with E-state index in [0.717, 1.165) is 11.1 Å². The van der Waals surface area contributed by atoms with Gasteiger partial charge in [-0.3, -0.25) is 4.79 Å². The van der Waals surface area contributed by atoms with Crippen LogP contribution in [0.5, 0.6) is 0 Å². The van der Waals surface area contributed by atoms with Crippen LogP contribution in [-0.2, 0) is 23.1 Å². The Morgan fingerprint density at radius 2 is 1.79 bits per heavy atom. The smallest absolute Gasteiger partial charge is 0.251 e. The number of nitrogens with zero attached hydrogens (tertiary/aromatic N) is 3. The number of hydrogen-bond acceptors (Lipinski definition) is 5. The lowest BCUT2D eigenvalue weighted by Crippen LogP contribution is -2.26. The number of carbonyl (C=O) groups excluding carboxylic acids is 1. The zero-order valence-corrected chi connectivity index (χ0v) is 18.9. The first-order valence-electron chi connectivity index (χ1n) is 9.99. The number of carbonyl (C=O) groups is 1. The third kappa shape index (κ3) is 5.46. The number of aromatic nitrogens is 3. The van der Waals surface area contributed by atoms with Crippen LogP contribution in [-0.4, -0.2) is 29.1 Å². The number of halogens is 1. The molecular formula is C23H20ClN5O3S. The minimum atomic E-state index is -3.93. The molecule has 0 saturated heterocycles. The molecule has 33 heavy (non-hydrogen) atoms. The molecule has 8 nitrogen and oxygen atoms in total. The van der Waals surface area contributed by atoms with Crippen LogP contribution in [0.25, 0.3) is 5.82 Å². The van der Waals surface area contributed by atoms with E-state index in [1.807, 2.05) is 36.4 Å². The second kappa shape index (κ2) is 9.95. The summed E-state index contributed by atoms with van der Waals surface area (Å²) < 4.78 is 29.7. The number of benzene rings is 2. The molecule has 1 amide bonds. The van der Waals surface area contributed by atoms with Gasteiger partial charge in [0.25, 0.3) is 5.91 Å². The minimum absolute atomic E-state index is 0.0281. The minimum Gasteiger partial charge on any atom is -0.348 e. The summed E-state index contributed by atoms with van der Waals surface area (Å²) in [5.41, 5.74) is 1.72. The van der Waals surface area contributed by atoms with Crippen LogP contribution in [0.1, 0.15) is 21.5 Å². The van der Waals surface area contributed by atoms with Crippen molar-refractivity contribution in [3.8, 4) is 5.82 Å². The third-order valence-corrected chi connectivity index (χ3v) is 6.70. The van der Waals surface area contributed by atoms with Gasteiger partial charge in [-0.2, -0.15) is 5.10 Å². The lowest BCUT2D eigenvalue weighted by atomic mass is 10.2. The summed E-state index contributed by atoms with van der Waals surface area (Å²) in [7, 11) is -3.93. The Hall–Kier alpha value is -3.53. The lowest BCUT2D eigenvalue weighted by molar-refractivity contribution is 0.0950. The normalized spacial score (nSPS) is 11.3. The molecule has 0 atom stereocenters. The van der Waals surface area contributed by atoms with Gasteiger partial charge in [0.05, 0.1) is 5.02 Å². The van der Waals surface area contributed by atoms with Gasteiger partial charge in [-0.15, -0.1) is 0 Å². The van der Waals surface area contributed by atoms with Crippen molar-refractivity contribution < 1.29 is 13.2 Å². The summed E-state index contributed by atoms with van der Waals surface area (Å²) in [6, 6.07) is 18.6. The maximum absolute atomic E-state index is 12.8. The van der Waals surface area contributed by atoms with E-state index in [9.17, 15) is 13.2 Å². The van der Waals surface area contributed by atoms with Crippen molar-refractivity contribution in [2.45, 2.75) is 18.0 Å². The Labute approximate surface area is 196 Å². The Bertz CT molecular complexity index is 1360. The molecule has 168 valence electrons. The molecule has 0 unspecified atom stereocenters. The van der Waals surface area contributed by atoms with Crippen molar-refractivity contribution in [1.29, 1.82) is 0 Å². The SMILES string of the molecule is O=C(NCc1cccnc1-n1cccn1)c1ccc(Cl)c(S(=O)(=O)NCc2ccccc2)c1. The topological polar surface area (TPSA) is 106 Å². The maximum Gasteiger partial charge on any atom is 0.251 e. The summed E-state index contributed by atoms with van der Waals surface area (Å²) in [4.78, 5) is 16.9. The highest BCUT2D eigenvalue weighted by molar-refractivity contribution is 7.89. The Morgan fingerprint density at radius 3 is 2.55 bits per heavy atom. The average Bonchev–Trinajstić information content (AvgIpc) is 3.37. The molecule has 2 aromatic heterocycles. The van der Waals surface area contributed by atoms with Gasteiger partial charge in [-0.05, 0) is 35.9 Å². The maximum atomic E-state index is 12.8. The van der Waals surface area contributed by atoms with Crippen LogP contribution < -0.4 is 10.0 Å². The molecule has 0 aliphatic heterocycles. The van der Waals surface area contributed by atoms with Crippen molar-refractivity contribution in [3.05, 3.63) is 107 Å². The predicted octanol–water partition coefficient (Wildman–Crippen LogP) is 3.33. The third-order valence-electron chi connectivity index (χ3n) is 4.82. The quantitative estimate of drug-likeness (QED) is 0.401. The van der Waals surface area contributed by atoms with Crippen LogP contribution in [0.15, 0.2) is 90.2 Å². The first-order valence-corrected chi connectivity index (χ1v) is 11.9. The van der Waals surface area contributed by atoms with Gasteiger partial charge in [0.15, 0.2) is 5.82 Å². The zero-order chi connectivity index (χ0) is 23.3. The Balaban J connectivity index is 1.49. The molecule has 0 fully saturated rings. The Morgan fingerprint density at radius 1 is 0.970 bits per heavy atom. The van der Waals surface area contributed by atoms with Crippen molar-refractivity contribution >= 4 is 27.5 Å². The second-order valence-corrected chi connectivity index (χ2v) is 9.22.